The van der Waals surface area contributed by atoms with Crippen molar-refractivity contribution in [3.63, 3.8) is 0 Å². The zero-order valence-electron chi connectivity index (χ0n) is 21.4. The van der Waals surface area contributed by atoms with Crippen molar-refractivity contribution in [1.82, 2.24) is 25.5 Å². The zero-order valence-corrected chi connectivity index (χ0v) is 21.4. The summed E-state index contributed by atoms with van der Waals surface area (Å²) in [6.45, 7) is 11.4. The highest BCUT2D eigenvalue weighted by Crippen LogP contribution is 2.24. The number of hydrogen-bond donors (Lipinski definition) is 3. The molecule has 184 valence electrons. The number of piperazine rings is 1. The molecule has 0 saturated carbocycles. The molecule has 4 rings (SSSR count). The Morgan fingerprint density at radius 2 is 1.76 bits per heavy atom. The topological polar surface area (TPSA) is 71.0 Å². The summed E-state index contributed by atoms with van der Waals surface area (Å²) in [7, 11) is 1.94. The first-order valence-electron chi connectivity index (χ1n) is 12.7. The third-order valence-electron chi connectivity index (χ3n) is 6.35. The molecule has 0 amide bonds. The third-order valence-corrected chi connectivity index (χ3v) is 6.35. The van der Waals surface area contributed by atoms with Crippen LogP contribution < -0.4 is 21.5 Å². The van der Waals surface area contributed by atoms with Crippen molar-refractivity contribution in [2.24, 2.45) is 0 Å². The maximum atomic E-state index is 13.0. The first kappa shape index (κ1) is 26.1. The van der Waals surface area contributed by atoms with E-state index < -0.39 is 0 Å². The maximum absolute atomic E-state index is 13.0. The minimum absolute atomic E-state index is 0.0508. The van der Waals surface area contributed by atoms with Gasteiger partial charge in [0.2, 0.25) is 0 Å². The van der Waals surface area contributed by atoms with Crippen molar-refractivity contribution >= 4 is 10.9 Å². The molecule has 0 radical (unpaired) electrons. The summed E-state index contributed by atoms with van der Waals surface area (Å²) in [6, 6.07) is 17.7. The Labute approximate surface area is 204 Å². The fourth-order valence-corrected chi connectivity index (χ4v) is 4.61. The first-order chi connectivity index (χ1) is 16.5. The van der Waals surface area contributed by atoms with Crippen molar-refractivity contribution in [3.8, 4) is 0 Å². The van der Waals surface area contributed by atoms with Gasteiger partial charge in [-0.3, -0.25) is 9.36 Å². The Kier molecular flexibility index (Phi) is 9.81. The number of hydrogen-bond acceptors (Lipinski definition) is 5. The van der Waals surface area contributed by atoms with Gasteiger partial charge >= 0.3 is 0 Å². The van der Waals surface area contributed by atoms with Gasteiger partial charge < -0.3 is 16.0 Å². The molecular weight excluding hydrogens is 422 g/mol. The van der Waals surface area contributed by atoms with E-state index in [1.807, 2.05) is 48.9 Å². The predicted octanol–water partition coefficient (Wildman–Crippen LogP) is 4.02. The maximum Gasteiger partial charge on any atom is 0.261 e. The number of nitrogens with zero attached hydrogens (tertiary/aromatic N) is 2. The molecule has 1 aromatic heterocycles. The molecule has 1 saturated heterocycles. The summed E-state index contributed by atoms with van der Waals surface area (Å²) in [5, 5.41) is 10.8. The Balaban J connectivity index is 0.000000343. The minimum Gasteiger partial charge on any atom is -0.314 e. The molecule has 1 fully saturated rings. The Morgan fingerprint density at radius 3 is 2.32 bits per heavy atom. The van der Waals surface area contributed by atoms with Gasteiger partial charge in [-0.2, -0.15) is 0 Å². The van der Waals surface area contributed by atoms with Crippen LogP contribution in [-0.2, 0) is 13.0 Å². The van der Waals surface area contributed by atoms with Gasteiger partial charge in [-0.25, -0.2) is 4.98 Å². The third kappa shape index (κ3) is 6.53. The summed E-state index contributed by atoms with van der Waals surface area (Å²) in [4.78, 5) is 17.8. The second-order valence-electron chi connectivity index (χ2n) is 9.22. The van der Waals surface area contributed by atoms with Gasteiger partial charge in [-0.05, 0) is 57.5 Å². The predicted molar refractivity (Wildman–Crippen MR) is 143 cm³/mol. The van der Waals surface area contributed by atoms with Gasteiger partial charge in [0.05, 0.1) is 16.9 Å². The molecule has 6 nitrogen and oxygen atoms in total. The van der Waals surface area contributed by atoms with Crippen molar-refractivity contribution < 1.29 is 0 Å². The average Bonchev–Trinajstić information content (AvgIpc) is 2.84. The van der Waals surface area contributed by atoms with E-state index in [1.54, 1.807) is 0 Å². The molecule has 0 spiro atoms. The van der Waals surface area contributed by atoms with Crippen LogP contribution in [0.5, 0.6) is 0 Å². The second kappa shape index (κ2) is 12.8. The number of rotatable bonds is 7. The number of aryl methyl sites for hydroxylation is 1. The van der Waals surface area contributed by atoms with E-state index in [2.05, 4.69) is 54.9 Å². The lowest BCUT2D eigenvalue weighted by atomic mass is 9.97. The molecule has 3 N–H and O–H groups in total. The fourth-order valence-electron chi connectivity index (χ4n) is 4.61. The highest BCUT2D eigenvalue weighted by molar-refractivity contribution is 5.78. The van der Waals surface area contributed by atoms with Crippen LogP contribution in [0.3, 0.4) is 0 Å². The van der Waals surface area contributed by atoms with Crippen LogP contribution in [0.2, 0.25) is 0 Å². The van der Waals surface area contributed by atoms with E-state index >= 15 is 0 Å². The zero-order chi connectivity index (χ0) is 24.5. The van der Waals surface area contributed by atoms with Crippen LogP contribution in [0.25, 0.3) is 10.9 Å². The molecule has 3 unspecified atom stereocenters. The molecule has 0 aliphatic carbocycles. The summed E-state index contributed by atoms with van der Waals surface area (Å²) in [6.07, 6.45) is 2.99. The van der Waals surface area contributed by atoms with Gasteiger partial charge in [-0.1, -0.05) is 49.7 Å². The van der Waals surface area contributed by atoms with Gasteiger partial charge in [-0.15, -0.1) is 0 Å². The molecule has 1 aliphatic rings. The number of nitrogens with one attached hydrogen (secondary N) is 3. The van der Waals surface area contributed by atoms with E-state index in [0.717, 1.165) is 49.3 Å². The van der Waals surface area contributed by atoms with Gasteiger partial charge in [0.1, 0.15) is 5.82 Å². The normalized spacial score (nSPS) is 18.9. The van der Waals surface area contributed by atoms with E-state index in [1.165, 1.54) is 5.56 Å². The highest BCUT2D eigenvalue weighted by Gasteiger charge is 2.15. The summed E-state index contributed by atoms with van der Waals surface area (Å²) >= 11 is 0. The van der Waals surface area contributed by atoms with E-state index in [9.17, 15) is 4.79 Å². The summed E-state index contributed by atoms with van der Waals surface area (Å²) in [5.74, 6) is 0.896. The van der Waals surface area contributed by atoms with Crippen LogP contribution in [-0.4, -0.2) is 41.8 Å². The fraction of sp³-hybridized carbons (Fsp3) is 0.500. The van der Waals surface area contributed by atoms with Crippen LogP contribution in [0.4, 0.5) is 0 Å². The lowest BCUT2D eigenvalue weighted by Crippen LogP contribution is -2.52. The van der Waals surface area contributed by atoms with Gasteiger partial charge in [0.15, 0.2) is 0 Å². The Hall–Kier alpha value is -2.54. The average molecular weight is 464 g/mol. The lowest BCUT2D eigenvalue weighted by Gasteiger charge is -2.26. The van der Waals surface area contributed by atoms with Gasteiger partial charge in [0, 0.05) is 38.1 Å². The first-order valence-corrected chi connectivity index (χ1v) is 12.7. The van der Waals surface area contributed by atoms with Crippen LogP contribution in [0.1, 0.15) is 63.5 Å². The standard InChI is InChI=1S/C22H27N3O.C6H14N2/c1-4-6-12-20-24-19-14-13-17(15-18(19)22(26)25(20)5-2)21(23-3)16-10-8-7-9-11-16;1-5-3-7-4-6(2)8-5/h7-11,13-15,21,23H,4-6,12H2,1-3H3;5-8H,3-4H2,1-2H3. The quantitative estimate of drug-likeness (QED) is 0.494. The smallest absolute Gasteiger partial charge is 0.261 e. The van der Waals surface area contributed by atoms with Crippen LogP contribution >= 0.6 is 0 Å². The molecule has 2 aromatic carbocycles. The van der Waals surface area contributed by atoms with E-state index in [4.69, 9.17) is 4.98 Å². The van der Waals surface area contributed by atoms with Crippen LogP contribution in [0, 0.1) is 0 Å². The monoisotopic (exact) mass is 463 g/mol. The van der Waals surface area contributed by atoms with Crippen molar-refractivity contribution in [3.05, 3.63) is 75.8 Å². The van der Waals surface area contributed by atoms with Crippen molar-refractivity contribution in [2.75, 3.05) is 20.1 Å². The van der Waals surface area contributed by atoms with Gasteiger partial charge in [0.25, 0.3) is 5.56 Å². The molecule has 0 bridgehead atoms. The number of fused-ring (bicyclic) bond motifs is 1. The molecule has 1 aliphatic heterocycles. The number of unbranched alkanes of at least 4 members (excludes halogenated alkanes) is 1. The van der Waals surface area contributed by atoms with Crippen molar-refractivity contribution in [1.29, 1.82) is 0 Å². The van der Waals surface area contributed by atoms with Crippen LogP contribution in [0.15, 0.2) is 53.3 Å². The number of aromatic nitrogens is 2. The Morgan fingerprint density at radius 1 is 1.06 bits per heavy atom. The molecule has 34 heavy (non-hydrogen) atoms. The molecule has 3 atom stereocenters. The lowest BCUT2D eigenvalue weighted by molar-refractivity contribution is 0.370. The van der Waals surface area contributed by atoms with E-state index in [0.29, 0.717) is 24.0 Å². The molecular formula is C28H41N5O. The molecule has 6 heteroatoms. The Bertz CT molecular complexity index is 1090. The number of benzene rings is 2. The summed E-state index contributed by atoms with van der Waals surface area (Å²) in [5.41, 5.74) is 3.11. The SMILES string of the molecule is CC1CNCC(C)N1.CCCCc1nc2ccc(C(NC)c3ccccc3)cc2c(=O)n1CC. The minimum atomic E-state index is 0.0508. The van der Waals surface area contributed by atoms with Crippen molar-refractivity contribution in [2.45, 2.75) is 71.6 Å². The van der Waals surface area contributed by atoms with E-state index in [-0.39, 0.29) is 11.6 Å². The largest absolute Gasteiger partial charge is 0.314 e. The molecule has 3 aromatic rings. The second-order valence-corrected chi connectivity index (χ2v) is 9.22. The molecule has 2 heterocycles. The summed E-state index contributed by atoms with van der Waals surface area (Å²) < 4.78 is 1.82. The highest BCUT2D eigenvalue weighted by atomic mass is 16.1.